The van der Waals surface area contributed by atoms with Gasteiger partial charge < -0.3 is 5.32 Å². The summed E-state index contributed by atoms with van der Waals surface area (Å²) in [6.45, 7) is 0. The highest BCUT2D eigenvalue weighted by atomic mass is 35.5. The summed E-state index contributed by atoms with van der Waals surface area (Å²) < 4.78 is 0. The molecule has 4 nitrogen and oxygen atoms in total. The van der Waals surface area contributed by atoms with Gasteiger partial charge in [0.2, 0.25) is 0 Å². The Morgan fingerprint density at radius 3 is 2.44 bits per heavy atom. The highest BCUT2D eigenvalue weighted by Gasteiger charge is 2.04. The molecule has 0 bridgehead atoms. The van der Waals surface area contributed by atoms with Crippen LogP contribution in [0.25, 0.3) is 0 Å². The number of nitrogens with zero attached hydrogens (tertiary/aromatic N) is 2. The van der Waals surface area contributed by atoms with Gasteiger partial charge in [-0.3, -0.25) is 9.78 Å². The van der Waals surface area contributed by atoms with E-state index in [2.05, 4.69) is 15.3 Å². The number of carbonyl (C=O) groups is 1. The molecule has 0 atom stereocenters. The molecule has 1 N–H and O–H groups in total. The fourth-order valence-electron chi connectivity index (χ4n) is 1.13. The van der Waals surface area contributed by atoms with E-state index in [4.69, 9.17) is 0 Å². The van der Waals surface area contributed by atoms with Gasteiger partial charge in [0.1, 0.15) is 5.82 Å². The molecule has 0 spiro atoms. The first-order valence-corrected chi connectivity index (χ1v) is 4.49. The van der Waals surface area contributed by atoms with Gasteiger partial charge in [-0.05, 0) is 24.3 Å². The van der Waals surface area contributed by atoms with E-state index >= 15 is 0 Å². The van der Waals surface area contributed by atoms with Crippen LogP contribution in [0.5, 0.6) is 0 Å². The molecule has 0 saturated heterocycles. The Hall–Kier alpha value is -1.94. The Kier molecular flexibility index (Phi) is 4.42. The van der Waals surface area contributed by atoms with Gasteiger partial charge in [-0.2, -0.15) is 0 Å². The number of nitrogens with one attached hydrogen (secondary N) is 1. The molecule has 0 fully saturated rings. The molecule has 0 aliphatic carbocycles. The maximum Gasteiger partial charge on any atom is 0.256 e. The number of pyridine rings is 2. The second-order valence-electron chi connectivity index (χ2n) is 2.90. The van der Waals surface area contributed by atoms with Gasteiger partial charge in [0.05, 0.1) is 0 Å². The summed E-state index contributed by atoms with van der Waals surface area (Å²) in [7, 11) is 0. The minimum Gasteiger partial charge on any atom is -0.307 e. The predicted octanol–water partition coefficient (Wildman–Crippen LogP) is 2.15. The van der Waals surface area contributed by atoms with Crippen molar-refractivity contribution in [1.29, 1.82) is 0 Å². The summed E-state index contributed by atoms with van der Waals surface area (Å²) in [6, 6.07) is 8.65. The summed E-state index contributed by atoms with van der Waals surface area (Å²) in [5.74, 6) is 0.357. The van der Waals surface area contributed by atoms with Crippen molar-refractivity contribution in [3.63, 3.8) is 0 Å². The van der Waals surface area contributed by atoms with Crippen molar-refractivity contribution in [2.24, 2.45) is 0 Å². The number of amides is 1. The Labute approximate surface area is 99.2 Å². The van der Waals surface area contributed by atoms with Gasteiger partial charge in [-0.1, -0.05) is 6.07 Å². The first kappa shape index (κ1) is 12.1. The van der Waals surface area contributed by atoms with Crippen LogP contribution < -0.4 is 5.32 Å². The molecule has 82 valence electrons. The highest BCUT2D eigenvalue weighted by molar-refractivity contribution is 6.03. The zero-order chi connectivity index (χ0) is 10.5. The largest absolute Gasteiger partial charge is 0.307 e. The Balaban J connectivity index is 0.00000128. The fraction of sp³-hybridized carbons (Fsp3) is 0. The molecule has 0 aliphatic heterocycles. The lowest BCUT2D eigenvalue weighted by Gasteiger charge is -2.02. The quantitative estimate of drug-likeness (QED) is 0.868. The van der Waals surface area contributed by atoms with Crippen LogP contribution in [0.1, 0.15) is 10.4 Å². The summed E-state index contributed by atoms with van der Waals surface area (Å²) in [4.78, 5) is 19.5. The SMILES string of the molecule is Cl.O=C(Nc1ccccn1)c1ccncc1. The van der Waals surface area contributed by atoms with Gasteiger partial charge in [-0.15, -0.1) is 12.4 Å². The average molecular weight is 236 g/mol. The maximum atomic E-state index is 11.6. The van der Waals surface area contributed by atoms with Crippen molar-refractivity contribution < 1.29 is 4.79 Å². The molecule has 0 saturated carbocycles. The number of hydrogen-bond donors (Lipinski definition) is 1. The number of anilines is 1. The van der Waals surface area contributed by atoms with Crippen molar-refractivity contribution in [2.45, 2.75) is 0 Å². The van der Waals surface area contributed by atoms with Crippen LogP contribution in [-0.4, -0.2) is 15.9 Å². The van der Waals surface area contributed by atoms with Gasteiger partial charge in [0.25, 0.3) is 5.91 Å². The van der Waals surface area contributed by atoms with E-state index in [0.717, 1.165) is 0 Å². The normalized spacial score (nSPS) is 9.00. The summed E-state index contributed by atoms with van der Waals surface area (Å²) in [6.07, 6.45) is 4.78. The molecule has 5 heteroatoms. The summed E-state index contributed by atoms with van der Waals surface area (Å²) >= 11 is 0. The molecule has 0 aromatic carbocycles. The van der Waals surface area contributed by atoms with E-state index in [1.165, 1.54) is 0 Å². The lowest BCUT2D eigenvalue weighted by molar-refractivity contribution is 0.102. The molecule has 0 unspecified atom stereocenters. The Morgan fingerprint density at radius 2 is 1.81 bits per heavy atom. The standard InChI is InChI=1S/C11H9N3O.ClH/c15-11(9-4-7-12-8-5-9)14-10-3-1-2-6-13-10;/h1-8H,(H,13,14,15);1H. The zero-order valence-corrected chi connectivity index (χ0v) is 9.15. The maximum absolute atomic E-state index is 11.6. The third kappa shape index (κ3) is 3.03. The summed E-state index contributed by atoms with van der Waals surface area (Å²) in [5.41, 5.74) is 0.565. The molecule has 2 aromatic rings. The van der Waals surface area contributed by atoms with Crippen LogP contribution in [0.3, 0.4) is 0 Å². The first-order chi connectivity index (χ1) is 7.36. The van der Waals surface area contributed by atoms with Crippen molar-refractivity contribution >= 4 is 24.1 Å². The minimum atomic E-state index is -0.184. The van der Waals surface area contributed by atoms with Gasteiger partial charge in [-0.25, -0.2) is 4.98 Å². The Bertz CT molecular complexity index is 447. The molecule has 0 aliphatic rings. The van der Waals surface area contributed by atoms with Gasteiger partial charge in [0, 0.05) is 24.2 Å². The van der Waals surface area contributed by atoms with Crippen molar-refractivity contribution in [3.05, 3.63) is 54.5 Å². The first-order valence-electron chi connectivity index (χ1n) is 4.49. The van der Waals surface area contributed by atoms with E-state index in [1.54, 1.807) is 42.9 Å². The van der Waals surface area contributed by atoms with E-state index in [9.17, 15) is 4.79 Å². The predicted molar refractivity (Wildman–Crippen MR) is 63.7 cm³/mol. The number of carbonyl (C=O) groups excluding carboxylic acids is 1. The van der Waals surface area contributed by atoms with Crippen LogP contribution in [-0.2, 0) is 0 Å². The lowest BCUT2D eigenvalue weighted by Crippen LogP contribution is -2.12. The molecule has 16 heavy (non-hydrogen) atoms. The topological polar surface area (TPSA) is 54.9 Å². The third-order valence-electron chi connectivity index (χ3n) is 1.85. The van der Waals surface area contributed by atoms with E-state index in [-0.39, 0.29) is 18.3 Å². The van der Waals surface area contributed by atoms with E-state index in [1.807, 2.05) is 6.07 Å². The molecular formula is C11H10ClN3O. The highest BCUT2D eigenvalue weighted by Crippen LogP contribution is 2.04. The number of hydrogen-bond acceptors (Lipinski definition) is 3. The van der Waals surface area contributed by atoms with Crippen LogP contribution in [0, 0.1) is 0 Å². The van der Waals surface area contributed by atoms with Gasteiger partial charge in [0.15, 0.2) is 0 Å². The van der Waals surface area contributed by atoms with Crippen LogP contribution >= 0.6 is 12.4 Å². The number of rotatable bonds is 2. The molecule has 2 aromatic heterocycles. The molecule has 0 radical (unpaired) electrons. The molecular weight excluding hydrogens is 226 g/mol. The van der Waals surface area contributed by atoms with Crippen molar-refractivity contribution in [2.75, 3.05) is 5.32 Å². The summed E-state index contributed by atoms with van der Waals surface area (Å²) in [5, 5.41) is 2.68. The lowest BCUT2D eigenvalue weighted by atomic mass is 10.2. The Morgan fingerprint density at radius 1 is 1.06 bits per heavy atom. The van der Waals surface area contributed by atoms with Crippen LogP contribution in [0.15, 0.2) is 48.9 Å². The number of aromatic nitrogens is 2. The second kappa shape index (κ2) is 5.82. The average Bonchev–Trinajstić information content (AvgIpc) is 2.31. The fourth-order valence-corrected chi connectivity index (χ4v) is 1.13. The second-order valence-corrected chi connectivity index (χ2v) is 2.90. The third-order valence-corrected chi connectivity index (χ3v) is 1.85. The van der Waals surface area contributed by atoms with Gasteiger partial charge >= 0.3 is 0 Å². The minimum absolute atomic E-state index is 0. The van der Waals surface area contributed by atoms with E-state index in [0.29, 0.717) is 11.4 Å². The van der Waals surface area contributed by atoms with E-state index < -0.39 is 0 Å². The molecule has 1 amide bonds. The van der Waals surface area contributed by atoms with Crippen molar-refractivity contribution in [3.8, 4) is 0 Å². The van der Waals surface area contributed by atoms with Crippen LogP contribution in [0.4, 0.5) is 5.82 Å². The van der Waals surface area contributed by atoms with Crippen molar-refractivity contribution in [1.82, 2.24) is 9.97 Å². The molecule has 2 heterocycles. The molecule has 2 rings (SSSR count). The van der Waals surface area contributed by atoms with Crippen LogP contribution in [0.2, 0.25) is 0 Å². The number of halogens is 1. The smallest absolute Gasteiger partial charge is 0.256 e. The monoisotopic (exact) mass is 235 g/mol. The zero-order valence-electron chi connectivity index (χ0n) is 8.33.